The Morgan fingerprint density at radius 1 is 1.03 bits per heavy atom. The van der Waals surface area contributed by atoms with Gasteiger partial charge < -0.3 is 15.0 Å². The van der Waals surface area contributed by atoms with Crippen molar-refractivity contribution in [2.75, 3.05) is 5.32 Å². The van der Waals surface area contributed by atoms with Gasteiger partial charge in [0.25, 0.3) is 5.91 Å². The third-order valence-corrected chi connectivity index (χ3v) is 5.52. The molecule has 0 fully saturated rings. The molecule has 0 bridgehead atoms. The fourth-order valence-electron chi connectivity index (χ4n) is 3.87. The molecule has 154 valence electrons. The van der Waals surface area contributed by atoms with Gasteiger partial charge in [0.2, 0.25) is 0 Å². The molecule has 30 heavy (non-hydrogen) atoms. The maximum Gasteiger partial charge on any atom is 0.338 e. The fourth-order valence-corrected chi connectivity index (χ4v) is 3.87. The second kappa shape index (κ2) is 8.14. The van der Waals surface area contributed by atoms with E-state index in [1.807, 2.05) is 12.1 Å². The number of amides is 1. The van der Waals surface area contributed by atoms with E-state index in [0.717, 1.165) is 30.2 Å². The summed E-state index contributed by atoms with van der Waals surface area (Å²) in [6.45, 7) is 2.99. The number of ketones is 1. The number of hydrogen-bond donors (Lipinski definition) is 2. The zero-order chi connectivity index (χ0) is 21.3. The number of aromatic nitrogens is 1. The number of Topliss-reactive ketones (excluding diaryl/α,β-unsaturated/α-hetero) is 1. The van der Waals surface area contributed by atoms with E-state index in [2.05, 4.69) is 10.3 Å². The van der Waals surface area contributed by atoms with Gasteiger partial charge in [-0.25, -0.2) is 4.79 Å². The van der Waals surface area contributed by atoms with Crippen LogP contribution in [0.1, 0.15) is 58.7 Å². The first-order valence-corrected chi connectivity index (χ1v) is 10.2. The smallest absolute Gasteiger partial charge is 0.338 e. The molecule has 1 unspecified atom stereocenters. The molecule has 1 amide bonds. The van der Waals surface area contributed by atoms with Gasteiger partial charge in [0, 0.05) is 27.8 Å². The average molecular weight is 404 g/mol. The number of hydrogen-bond acceptors (Lipinski definition) is 4. The van der Waals surface area contributed by atoms with Gasteiger partial charge in [-0.3, -0.25) is 9.59 Å². The molecule has 2 N–H and O–H groups in total. The maximum atomic E-state index is 12.6. The molecule has 4 rings (SSSR count). The van der Waals surface area contributed by atoms with E-state index >= 15 is 0 Å². The summed E-state index contributed by atoms with van der Waals surface area (Å²) in [5.74, 6) is -1.08. The highest BCUT2D eigenvalue weighted by Gasteiger charge is 2.21. The lowest BCUT2D eigenvalue weighted by molar-refractivity contribution is -0.123. The molecule has 0 saturated carbocycles. The van der Waals surface area contributed by atoms with Crippen LogP contribution in [0, 0.1) is 0 Å². The van der Waals surface area contributed by atoms with Crippen molar-refractivity contribution in [1.29, 1.82) is 0 Å². The van der Waals surface area contributed by atoms with Gasteiger partial charge in [-0.1, -0.05) is 12.1 Å². The van der Waals surface area contributed by atoms with Gasteiger partial charge in [0.1, 0.15) is 0 Å². The molecule has 1 atom stereocenters. The molecule has 3 aromatic rings. The molecule has 0 aliphatic heterocycles. The van der Waals surface area contributed by atoms with Crippen molar-refractivity contribution in [2.45, 2.75) is 45.6 Å². The lowest BCUT2D eigenvalue weighted by Crippen LogP contribution is -2.30. The number of carbonyl (C=O) groups excluding carboxylic acids is 3. The Labute approximate surface area is 174 Å². The van der Waals surface area contributed by atoms with E-state index in [-0.39, 0.29) is 5.78 Å². The molecule has 1 aliphatic rings. The summed E-state index contributed by atoms with van der Waals surface area (Å²) in [4.78, 5) is 40.0. The van der Waals surface area contributed by atoms with Gasteiger partial charge >= 0.3 is 5.97 Å². The monoisotopic (exact) mass is 404 g/mol. The highest BCUT2D eigenvalue weighted by atomic mass is 16.5. The Hall–Kier alpha value is -3.41. The molecule has 6 nitrogen and oxygen atoms in total. The van der Waals surface area contributed by atoms with Gasteiger partial charge in [-0.05, 0) is 75.4 Å². The van der Waals surface area contributed by atoms with E-state index in [4.69, 9.17) is 4.74 Å². The molecular weight excluding hydrogens is 380 g/mol. The number of nitrogens with one attached hydrogen (secondary N) is 2. The van der Waals surface area contributed by atoms with Crippen LogP contribution < -0.4 is 5.32 Å². The number of carbonyl (C=O) groups is 3. The molecule has 1 aromatic heterocycles. The zero-order valence-electron chi connectivity index (χ0n) is 17.1. The van der Waals surface area contributed by atoms with Crippen molar-refractivity contribution >= 4 is 34.3 Å². The minimum absolute atomic E-state index is 0.0899. The van der Waals surface area contributed by atoms with Crippen LogP contribution in [0.2, 0.25) is 0 Å². The lowest BCUT2D eigenvalue weighted by Gasteiger charge is -2.14. The van der Waals surface area contributed by atoms with Crippen molar-refractivity contribution in [3.8, 4) is 0 Å². The minimum Gasteiger partial charge on any atom is -0.449 e. The minimum atomic E-state index is -0.977. The zero-order valence-corrected chi connectivity index (χ0v) is 17.1. The second-order valence-corrected chi connectivity index (χ2v) is 7.72. The molecule has 0 radical (unpaired) electrons. The first kappa shape index (κ1) is 19.9. The summed E-state index contributed by atoms with van der Waals surface area (Å²) in [7, 11) is 0. The quantitative estimate of drug-likeness (QED) is 0.486. The van der Waals surface area contributed by atoms with Crippen LogP contribution in [-0.2, 0) is 22.4 Å². The van der Waals surface area contributed by atoms with Crippen molar-refractivity contribution in [2.24, 2.45) is 0 Å². The molecule has 1 aliphatic carbocycles. The Morgan fingerprint density at radius 2 is 1.83 bits per heavy atom. The number of rotatable bonds is 5. The van der Waals surface area contributed by atoms with E-state index in [9.17, 15) is 14.4 Å². The van der Waals surface area contributed by atoms with Crippen LogP contribution in [-0.4, -0.2) is 28.7 Å². The number of esters is 1. The summed E-state index contributed by atoms with van der Waals surface area (Å²) in [5.41, 5.74) is 4.96. The Bertz CT molecular complexity index is 1150. The lowest BCUT2D eigenvalue weighted by atomic mass is 9.95. The standard InChI is InChI=1S/C24H24N2O4/c1-14(27)16-6-5-7-18(12-16)25-23(28)15(2)30-24(29)17-10-11-22-20(13-17)19-8-3-4-9-21(19)26-22/h5-7,10-13,15,26H,3-4,8-9H2,1-2H3,(H,25,28). The number of anilines is 1. The number of H-pyrrole nitrogens is 1. The maximum absolute atomic E-state index is 12.6. The van der Waals surface area contributed by atoms with Gasteiger partial charge in [-0.2, -0.15) is 0 Å². The molecule has 2 aromatic carbocycles. The third-order valence-electron chi connectivity index (χ3n) is 5.52. The summed E-state index contributed by atoms with van der Waals surface area (Å²) in [5, 5.41) is 3.74. The highest BCUT2D eigenvalue weighted by Crippen LogP contribution is 2.30. The summed E-state index contributed by atoms with van der Waals surface area (Å²) in [6.07, 6.45) is 3.39. The average Bonchev–Trinajstić information content (AvgIpc) is 3.11. The topological polar surface area (TPSA) is 88.3 Å². The van der Waals surface area contributed by atoms with Crippen LogP contribution in [0.4, 0.5) is 5.69 Å². The summed E-state index contributed by atoms with van der Waals surface area (Å²) < 4.78 is 5.39. The van der Waals surface area contributed by atoms with Crippen molar-refractivity contribution in [3.05, 3.63) is 64.8 Å². The first-order chi connectivity index (χ1) is 14.4. The van der Waals surface area contributed by atoms with Crippen LogP contribution in [0.15, 0.2) is 42.5 Å². The van der Waals surface area contributed by atoms with Crippen LogP contribution >= 0.6 is 0 Å². The summed E-state index contributed by atoms with van der Waals surface area (Å²) in [6, 6.07) is 12.1. The van der Waals surface area contributed by atoms with E-state index in [1.54, 1.807) is 30.3 Å². The van der Waals surface area contributed by atoms with Crippen molar-refractivity contribution < 1.29 is 19.1 Å². The highest BCUT2D eigenvalue weighted by molar-refractivity contribution is 6.00. The first-order valence-electron chi connectivity index (χ1n) is 10.2. The number of fused-ring (bicyclic) bond motifs is 3. The Kier molecular flexibility index (Phi) is 5.40. The Balaban J connectivity index is 1.46. The Morgan fingerprint density at radius 3 is 2.63 bits per heavy atom. The number of benzene rings is 2. The van der Waals surface area contributed by atoms with Gasteiger partial charge in [0.15, 0.2) is 11.9 Å². The van der Waals surface area contributed by atoms with Crippen molar-refractivity contribution in [1.82, 2.24) is 4.98 Å². The number of aryl methyl sites for hydroxylation is 2. The molecule has 6 heteroatoms. The molecular formula is C24H24N2O4. The number of aromatic amines is 1. The van der Waals surface area contributed by atoms with Crippen LogP contribution in [0.3, 0.4) is 0 Å². The van der Waals surface area contributed by atoms with Crippen molar-refractivity contribution in [3.63, 3.8) is 0 Å². The van der Waals surface area contributed by atoms with Gasteiger partial charge in [0.05, 0.1) is 5.56 Å². The fraction of sp³-hybridized carbons (Fsp3) is 0.292. The number of ether oxygens (including phenoxy) is 1. The second-order valence-electron chi connectivity index (χ2n) is 7.72. The normalized spacial score (nSPS) is 14.1. The summed E-state index contributed by atoms with van der Waals surface area (Å²) >= 11 is 0. The third kappa shape index (κ3) is 3.99. The van der Waals surface area contributed by atoms with E-state index in [0.29, 0.717) is 16.8 Å². The van der Waals surface area contributed by atoms with Crippen LogP contribution in [0.25, 0.3) is 10.9 Å². The SMILES string of the molecule is CC(=O)c1cccc(NC(=O)C(C)OC(=O)c2ccc3[nH]c4c(c3c2)CCCC4)c1. The van der Waals surface area contributed by atoms with Crippen LogP contribution in [0.5, 0.6) is 0 Å². The van der Waals surface area contributed by atoms with E-state index < -0.39 is 18.0 Å². The molecule has 0 saturated heterocycles. The predicted molar refractivity (Wildman–Crippen MR) is 115 cm³/mol. The molecule has 0 spiro atoms. The largest absolute Gasteiger partial charge is 0.449 e. The predicted octanol–water partition coefficient (Wildman–Crippen LogP) is 4.43. The van der Waals surface area contributed by atoms with E-state index in [1.165, 1.54) is 31.5 Å². The van der Waals surface area contributed by atoms with Gasteiger partial charge in [-0.15, -0.1) is 0 Å². The molecule has 1 heterocycles.